The van der Waals surface area contributed by atoms with Crippen LogP contribution in [0.15, 0.2) is 4.99 Å². The van der Waals surface area contributed by atoms with E-state index in [2.05, 4.69) is 4.99 Å². The van der Waals surface area contributed by atoms with Gasteiger partial charge in [-0.25, -0.2) is 4.79 Å². The van der Waals surface area contributed by atoms with Gasteiger partial charge in [-0.2, -0.15) is 22.0 Å². The van der Waals surface area contributed by atoms with E-state index in [1.807, 2.05) is 12.3 Å². The summed E-state index contributed by atoms with van der Waals surface area (Å²) >= 11 is 1.72. The van der Waals surface area contributed by atoms with E-state index in [1.54, 1.807) is 11.8 Å². The topological polar surface area (TPSA) is 53.2 Å². The van der Waals surface area contributed by atoms with Gasteiger partial charge in [0.25, 0.3) is 0 Å². The number of hydrogen-bond acceptors (Lipinski definition) is 4. The highest BCUT2D eigenvalue weighted by Gasteiger charge is 2.02. The van der Waals surface area contributed by atoms with Gasteiger partial charge in [0, 0.05) is 0 Å². The predicted octanol–water partition coefficient (Wildman–Crippen LogP) is 1.36. The molecule has 1 unspecified atom stereocenters. The van der Waals surface area contributed by atoms with Gasteiger partial charge in [0.2, 0.25) is 6.08 Å². The van der Waals surface area contributed by atoms with Crippen molar-refractivity contribution in [2.45, 2.75) is 18.9 Å². The van der Waals surface area contributed by atoms with Crippen molar-refractivity contribution in [3.05, 3.63) is 0 Å². The minimum Gasteiger partial charge on any atom is -0.211 e. The van der Waals surface area contributed by atoms with Crippen molar-refractivity contribution in [3.8, 4) is 6.07 Å². The quantitative estimate of drug-likeness (QED) is 0.355. The van der Waals surface area contributed by atoms with Gasteiger partial charge >= 0.3 is 0 Å². The molecule has 60 valence electrons. The van der Waals surface area contributed by atoms with E-state index >= 15 is 0 Å². The molecular weight excluding hydrogens is 160 g/mol. The van der Waals surface area contributed by atoms with Gasteiger partial charge < -0.3 is 0 Å². The predicted molar refractivity (Wildman–Crippen MR) is 45.1 cm³/mol. The summed E-state index contributed by atoms with van der Waals surface area (Å²) in [5, 5.41) is 8.43. The van der Waals surface area contributed by atoms with Crippen molar-refractivity contribution in [1.29, 1.82) is 5.26 Å². The van der Waals surface area contributed by atoms with E-state index in [1.165, 1.54) is 6.08 Å². The molecule has 0 fully saturated rings. The Labute approximate surface area is 70.5 Å². The maximum absolute atomic E-state index is 9.76. The highest BCUT2D eigenvalue weighted by atomic mass is 32.2. The number of aliphatic imine (C=N–C) groups is 1. The van der Waals surface area contributed by atoms with Crippen molar-refractivity contribution >= 4 is 17.8 Å². The van der Waals surface area contributed by atoms with E-state index in [-0.39, 0.29) is 0 Å². The molecule has 0 aliphatic rings. The molecule has 0 radical (unpaired) electrons. The third-order valence-corrected chi connectivity index (χ3v) is 1.88. The van der Waals surface area contributed by atoms with Crippen molar-refractivity contribution < 1.29 is 4.79 Å². The molecule has 0 heterocycles. The summed E-state index contributed by atoms with van der Waals surface area (Å²) < 4.78 is 0. The van der Waals surface area contributed by atoms with Gasteiger partial charge in [-0.05, 0) is 24.9 Å². The van der Waals surface area contributed by atoms with E-state index in [9.17, 15) is 4.79 Å². The zero-order valence-corrected chi connectivity index (χ0v) is 7.23. The molecule has 1 atom stereocenters. The second-order valence-electron chi connectivity index (χ2n) is 2.00. The molecule has 0 aliphatic carbocycles. The van der Waals surface area contributed by atoms with Crippen molar-refractivity contribution in [2.24, 2.45) is 4.99 Å². The van der Waals surface area contributed by atoms with E-state index < -0.39 is 6.04 Å². The number of nitrogens with zero attached hydrogens (tertiary/aromatic N) is 2. The Bertz CT molecular complexity index is 181. The van der Waals surface area contributed by atoms with Gasteiger partial charge in [0.05, 0.1) is 6.07 Å². The standard InChI is InChI=1S/C7H10N2OS/c1-11-4-2-3-7(5-8)9-6-10/h7H,2-4H2,1H3. The highest BCUT2D eigenvalue weighted by Crippen LogP contribution is 2.04. The van der Waals surface area contributed by atoms with Gasteiger partial charge in [-0.15, -0.1) is 0 Å². The van der Waals surface area contributed by atoms with Crippen LogP contribution in [0.4, 0.5) is 0 Å². The molecule has 0 aliphatic heterocycles. The maximum Gasteiger partial charge on any atom is 0.236 e. The third kappa shape index (κ3) is 5.65. The van der Waals surface area contributed by atoms with Crippen LogP contribution in [-0.4, -0.2) is 24.1 Å². The number of isocyanates is 1. The molecule has 0 aromatic carbocycles. The van der Waals surface area contributed by atoms with Gasteiger partial charge in [0.1, 0.15) is 6.04 Å². The maximum atomic E-state index is 9.76. The van der Waals surface area contributed by atoms with Crippen molar-refractivity contribution in [1.82, 2.24) is 0 Å². The molecule has 0 N–H and O–H groups in total. The fourth-order valence-electron chi connectivity index (χ4n) is 0.643. The first-order valence-electron chi connectivity index (χ1n) is 3.30. The second kappa shape index (κ2) is 7.33. The Morgan fingerprint density at radius 3 is 2.91 bits per heavy atom. The van der Waals surface area contributed by atoms with Crippen molar-refractivity contribution in [3.63, 3.8) is 0 Å². The minimum atomic E-state index is -0.486. The lowest BCUT2D eigenvalue weighted by molar-refractivity contribution is 0.559. The number of nitriles is 1. The summed E-state index contributed by atoms with van der Waals surface area (Å²) in [7, 11) is 0. The Kier molecular flexibility index (Phi) is 6.81. The molecule has 11 heavy (non-hydrogen) atoms. The van der Waals surface area contributed by atoms with Crippen LogP contribution in [0.5, 0.6) is 0 Å². The van der Waals surface area contributed by atoms with E-state index in [4.69, 9.17) is 5.26 Å². The fraction of sp³-hybridized carbons (Fsp3) is 0.714. The smallest absolute Gasteiger partial charge is 0.211 e. The number of rotatable bonds is 5. The van der Waals surface area contributed by atoms with Crippen LogP contribution >= 0.6 is 11.8 Å². The Hall–Kier alpha value is -0.780. The monoisotopic (exact) mass is 170 g/mol. The normalized spacial score (nSPS) is 11.3. The largest absolute Gasteiger partial charge is 0.236 e. The molecule has 4 heteroatoms. The lowest BCUT2D eigenvalue weighted by atomic mass is 10.2. The molecule has 0 saturated heterocycles. The Balaban J connectivity index is 3.54. The summed E-state index contributed by atoms with van der Waals surface area (Å²) in [4.78, 5) is 13.1. The SMILES string of the molecule is CSCCCC(C#N)N=C=O. The first kappa shape index (κ1) is 10.2. The van der Waals surface area contributed by atoms with Gasteiger partial charge in [-0.3, -0.25) is 0 Å². The first-order valence-corrected chi connectivity index (χ1v) is 4.70. The van der Waals surface area contributed by atoms with Gasteiger partial charge in [-0.1, -0.05) is 0 Å². The highest BCUT2D eigenvalue weighted by molar-refractivity contribution is 7.98. The molecule has 0 saturated carbocycles. The summed E-state index contributed by atoms with van der Waals surface area (Å²) in [5.41, 5.74) is 0. The fourth-order valence-corrected chi connectivity index (χ4v) is 1.10. The zero-order chi connectivity index (χ0) is 8.53. The molecule has 0 amide bonds. The lowest BCUT2D eigenvalue weighted by Gasteiger charge is -1.98. The van der Waals surface area contributed by atoms with E-state index in [0.717, 1.165) is 12.2 Å². The summed E-state index contributed by atoms with van der Waals surface area (Å²) in [6.07, 6.45) is 4.98. The number of thioether (sulfide) groups is 1. The molecule has 0 aromatic rings. The number of hydrogen-bond donors (Lipinski definition) is 0. The number of carbonyl (C=O) groups excluding carboxylic acids is 1. The van der Waals surface area contributed by atoms with Crippen LogP contribution in [-0.2, 0) is 4.79 Å². The molecule has 0 rings (SSSR count). The Morgan fingerprint density at radius 2 is 2.45 bits per heavy atom. The third-order valence-electron chi connectivity index (χ3n) is 1.18. The van der Waals surface area contributed by atoms with Crippen LogP contribution in [0, 0.1) is 11.3 Å². The minimum absolute atomic E-state index is 0.486. The second-order valence-corrected chi connectivity index (χ2v) is 2.99. The molecule has 0 bridgehead atoms. The molecule has 3 nitrogen and oxygen atoms in total. The lowest BCUT2D eigenvalue weighted by Crippen LogP contribution is -2.00. The Morgan fingerprint density at radius 1 is 1.73 bits per heavy atom. The van der Waals surface area contributed by atoms with Gasteiger partial charge in [0.15, 0.2) is 0 Å². The van der Waals surface area contributed by atoms with Crippen LogP contribution in [0.25, 0.3) is 0 Å². The van der Waals surface area contributed by atoms with Crippen LogP contribution < -0.4 is 0 Å². The van der Waals surface area contributed by atoms with Crippen LogP contribution in [0.3, 0.4) is 0 Å². The summed E-state index contributed by atoms with van der Waals surface area (Å²) in [6.45, 7) is 0. The average molecular weight is 170 g/mol. The molecular formula is C7H10N2OS. The average Bonchev–Trinajstić information content (AvgIpc) is 2.03. The van der Waals surface area contributed by atoms with E-state index in [0.29, 0.717) is 6.42 Å². The summed E-state index contributed by atoms with van der Waals surface area (Å²) in [5.74, 6) is 1.01. The molecule has 0 spiro atoms. The molecule has 0 aromatic heterocycles. The first-order chi connectivity index (χ1) is 5.35. The van der Waals surface area contributed by atoms with Crippen LogP contribution in [0.2, 0.25) is 0 Å². The van der Waals surface area contributed by atoms with Crippen molar-refractivity contribution in [2.75, 3.05) is 12.0 Å². The summed E-state index contributed by atoms with van der Waals surface area (Å²) in [6, 6.07) is 1.44. The zero-order valence-electron chi connectivity index (χ0n) is 6.41. The van der Waals surface area contributed by atoms with Crippen LogP contribution in [0.1, 0.15) is 12.8 Å².